The monoisotopic (exact) mass is 258 g/mol. The van der Waals surface area contributed by atoms with Gasteiger partial charge in [0.2, 0.25) is 0 Å². The third-order valence-corrected chi connectivity index (χ3v) is 4.13. The minimum atomic E-state index is 0.616. The van der Waals surface area contributed by atoms with E-state index in [1.54, 1.807) is 11.1 Å². The van der Waals surface area contributed by atoms with E-state index in [0.717, 1.165) is 24.7 Å². The lowest BCUT2D eigenvalue weighted by Crippen LogP contribution is -2.12. The van der Waals surface area contributed by atoms with Crippen LogP contribution in [0.4, 0.5) is 0 Å². The zero-order chi connectivity index (χ0) is 14.4. The molecule has 0 saturated heterocycles. The molecule has 1 rings (SSSR count). The Bertz CT molecular complexity index is 400. The van der Waals surface area contributed by atoms with E-state index in [2.05, 4.69) is 59.1 Å². The van der Waals surface area contributed by atoms with Gasteiger partial charge in [-0.15, -0.1) is 5.73 Å². The maximum absolute atomic E-state index is 3.71. The molecular weight excluding hydrogens is 228 g/mol. The van der Waals surface area contributed by atoms with Crippen LogP contribution in [0.15, 0.2) is 41.2 Å². The summed E-state index contributed by atoms with van der Waals surface area (Å²) in [5.74, 6) is 2.13. The molecule has 0 bridgehead atoms. The number of rotatable bonds is 6. The van der Waals surface area contributed by atoms with E-state index >= 15 is 0 Å². The van der Waals surface area contributed by atoms with Gasteiger partial charge in [-0.1, -0.05) is 57.6 Å². The van der Waals surface area contributed by atoms with Crippen LogP contribution in [0.1, 0.15) is 60.3 Å². The van der Waals surface area contributed by atoms with Crippen LogP contribution in [-0.2, 0) is 0 Å². The van der Waals surface area contributed by atoms with E-state index in [4.69, 9.17) is 0 Å². The van der Waals surface area contributed by atoms with Crippen molar-refractivity contribution >= 4 is 0 Å². The second kappa shape index (κ2) is 7.56. The Morgan fingerprint density at radius 1 is 1.42 bits per heavy atom. The van der Waals surface area contributed by atoms with Gasteiger partial charge in [0.05, 0.1) is 0 Å². The summed E-state index contributed by atoms with van der Waals surface area (Å²) in [7, 11) is 0. The maximum Gasteiger partial charge on any atom is -0.00461 e. The van der Waals surface area contributed by atoms with Crippen molar-refractivity contribution in [2.45, 2.75) is 60.3 Å². The van der Waals surface area contributed by atoms with Crippen LogP contribution in [0.2, 0.25) is 0 Å². The molecule has 0 aliphatic heterocycles. The Morgan fingerprint density at radius 3 is 2.63 bits per heavy atom. The predicted molar refractivity (Wildman–Crippen MR) is 86.1 cm³/mol. The molecule has 2 atom stereocenters. The lowest BCUT2D eigenvalue weighted by molar-refractivity contribution is 0.461. The SMILES string of the molecule is C=C=C(C)CCC1=CC(C)C(C(C)CC(C)C)=CC1. The van der Waals surface area contributed by atoms with Gasteiger partial charge in [-0.25, -0.2) is 0 Å². The van der Waals surface area contributed by atoms with Gasteiger partial charge >= 0.3 is 0 Å². The fraction of sp³-hybridized carbons (Fsp3) is 0.632. The summed E-state index contributed by atoms with van der Waals surface area (Å²) in [4.78, 5) is 0. The summed E-state index contributed by atoms with van der Waals surface area (Å²) in [6.07, 6.45) is 9.69. The van der Waals surface area contributed by atoms with Crippen molar-refractivity contribution in [3.05, 3.63) is 41.2 Å². The van der Waals surface area contributed by atoms with Gasteiger partial charge in [0.1, 0.15) is 0 Å². The molecule has 0 aromatic carbocycles. The van der Waals surface area contributed by atoms with Gasteiger partial charge in [0.25, 0.3) is 0 Å². The molecule has 0 nitrogen and oxygen atoms in total. The molecule has 0 aromatic heterocycles. The minimum Gasteiger partial charge on any atom is -0.130 e. The van der Waals surface area contributed by atoms with Crippen LogP contribution in [0.25, 0.3) is 0 Å². The average Bonchev–Trinajstić information content (AvgIpc) is 2.34. The van der Waals surface area contributed by atoms with Crippen molar-refractivity contribution in [2.75, 3.05) is 0 Å². The first kappa shape index (κ1) is 16.1. The van der Waals surface area contributed by atoms with Crippen LogP contribution in [0.5, 0.6) is 0 Å². The van der Waals surface area contributed by atoms with E-state index in [1.807, 2.05) is 0 Å². The molecule has 0 amide bonds. The van der Waals surface area contributed by atoms with Gasteiger partial charge in [0, 0.05) is 0 Å². The zero-order valence-corrected chi connectivity index (χ0v) is 13.4. The van der Waals surface area contributed by atoms with Crippen molar-refractivity contribution in [1.82, 2.24) is 0 Å². The third-order valence-electron chi connectivity index (χ3n) is 4.13. The van der Waals surface area contributed by atoms with E-state index < -0.39 is 0 Å². The van der Waals surface area contributed by atoms with E-state index in [9.17, 15) is 0 Å². The third kappa shape index (κ3) is 5.25. The normalized spacial score (nSPS) is 20.6. The molecule has 0 heteroatoms. The Labute approximate surface area is 120 Å². The molecule has 0 spiro atoms. The van der Waals surface area contributed by atoms with E-state index in [0.29, 0.717) is 5.92 Å². The quantitative estimate of drug-likeness (QED) is 0.400. The molecule has 19 heavy (non-hydrogen) atoms. The number of hydrogen-bond acceptors (Lipinski definition) is 0. The fourth-order valence-corrected chi connectivity index (χ4v) is 3.07. The first-order valence-corrected chi connectivity index (χ1v) is 7.69. The highest BCUT2D eigenvalue weighted by atomic mass is 14.2. The molecule has 0 N–H and O–H groups in total. The Morgan fingerprint density at radius 2 is 2.11 bits per heavy atom. The van der Waals surface area contributed by atoms with Crippen LogP contribution in [0.3, 0.4) is 0 Å². The molecule has 0 radical (unpaired) electrons. The summed E-state index contributed by atoms with van der Waals surface area (Å²) >= 11 is 0. The van der Waals surface area contributed by atoms with Crippen LogP contribution < -0.4 is 0 Å². The van der Waals surface area contributed by atoms with Crippen molar-refractivity contribution in [1.29, 1.82) is 0 Å². The van der Waals surface area contributed by atoms with Crippen molar-refractivity contribution in [3.63, 3.8) is 0 Å². The molecule has 0 aromatic rings. The zero-order valence-electron chi connectivity index (χ0n) is 13.4. The first-order chi connectivity index (χ1) is 8.93. The summed E-state index contributed by atoms with van der Waals surface area (Å²) in [5.41, 5.74) is 7.50. The molecule has 2 unspecified atom stereocenters. The molecule has 0 heterocycles. The summed E-state index contributed by atoms with van der Waals surface area (Å²) in [5, 5.41) is 0. The summed E-state index contributed by atoms with van der Waals surface area (Å²) < 4.78 is 0. The van der Waals surface area contributed by atoms with Gasteiger partial charge in [-0.2, -0.15) is 0 Å². The highest BCUT2D eigenvalue weighted by Crippen LogP contribution is 2.33. The van der Waals surface area contributed by atoms with Gasteiger partial charge in [0.15, 0.2) is 0 Å². The van der Waals surface area contributed by atoms with Crippen molar-refractivity contribution < 1.29 is 0 Å². The van der Waals surface area contributed by atoms with Crippen LogP contribution >= 0.6 is 0 Å². The second-order valence-electron chi connectivity index (χ2n) is 6.51. The Hall–Kier alpha value is -1.00. The standard InChI is InChI=1S/C19H30/c1-7-15(4)8-9-18-10-11-19(17(6)13-18)16(5)12-14(2)3/h11,13-14,16-17H,1,8-10,12H2,2-6H3. The van der Waals surface area contributed by atoms with Gasteiger partial charge < -0.3 is 0 Å². The molecule has 0 fully saturated rings. The lowest BCUT2D eigenvalue weighted by atomic mass is 9.79. The fourth-order valence-electron chi connectivity index (χ4n) is 3.07. The second-order valence-corrected chi connectivity index (χ2v) is 6.51. The van der Waals surface area contributed by atoms with Crippen LogP contribution in [-0.4, -0.2) is 0 Å². The molecule has 0 saturated carbocycles. The Balaban J connectivity index is 2.57. The van der Waals surface area contributed by atoms with Crippen molar-refractivity contribution in [2.24, 2.45) is 17.8 Å². The van der Waals surface area contributed by atoms with Crippen LogP contribution in [0, 0.1) is 17.8 Å². The predicted octanol–water partition coefficient (Wildman–Crippen LogP) is 6.07. The lowest BCUT2D eigenvalue weighted by Gasteiger charge is -2.26. The minimum absolute atomic E-state index is 0.616. The summed E-state index contributed by atoms with van der Waals surface area (Å²) in [6, 6.07) is 0. The molecule has 1 aliphatic rings. The maximum atomic E-state index is 3.71. The highest BCUT2D eigenvalue weighted by molar-refractivity contribution is 5.26. The topological polar surface area (TPSA) is 0 Å². The summed E-state index contributed by atoms with van der Waals surface area (Å²) in [6.45, 7) is 15.2. The van der Waals surface area contributed by atoms with E-state index in [-0.39, 0.29) is 0 Å². The Kier molecular flexibility index (Phi) is 6.38. The first-order valence-electron chi connectivity index (χ1n) is 7.69. The molecule has 1 aliphatic carbocycles. The van der Waals surface area contributed by atoms with Gasteiger partial charge in [-0.05, 0) is 55.9 Å². The van der Waals surface area contributed by atoms with Crippen molar-refractivity contribution in [3.8, 4) is 0 Å². The average molecular weight is 258 g/mol. The van der Waals surface area contributed by atoms with E-state index in [1.165, 1.54) is 18.4 Å². The number of hydrogen-bond donors (Lipinski definition) is 0. The van der Waals surface area contributed by atoms with Gasteiger partial charge in [-0.3, -0.25) is 0 Å². The largest absolute Gasteiger partial charge is 0.130 e. The number of allylic oxidation sites excluding steroid dienone is 5. The molecular formula is C19H30. The highest BCUT2D eigenvalue weighted by Gasteiger charge is 2.18. The molecule has 106 valence electrons. The smallest absolute Gasteiger partial charge is 0.00461 e.